The molecule has 0 saturated heterocycles. The SMILES string of the molecule is COc1cccc(CNC(=O)N2CCc3cc(C(=O)NO)sc3C2)c1. The smallest absolute Gasteiger partial charge is 0.318 e. The van der Waals surface area contributed by atoms with Crippen LogP contribution in [0.5, 0.6) is 5.75 Å². The molecule has 3 rings (SSSR count). The molecule has 2 aromatic rings. The normalized spacial score (nSPS) is 13.1. The molecule has 1 aliphatic rings. The lowest BCUT2D eigenvalue weighted by Crippen LogP contribution is -2.42. The second-order valence-corrected chi connectivity index (χ2v) is 6.82. The summed E-state index contributed by atoms with van der Waals surface area (Å²) in [6.07, 6.45) is 0.692. The largest absolute Gasteiger partial charge is 0.497 e. The monoisotopic (exact) mass is 361 g/mol. The van der Waals surface area contributed by atoms with Gasteiger partial charge in [0.1, 0.15) is 5.75 Å². The average molecular weight is 361 g/mol. The number of hydrogen-bond acceptors (Lipinski definition) is 5. The van der Waals surface area contributed by atoms with E-state index in [0.717, 1.165) is 21.8 Å². The van der Waals surface area contributed by atoms with E-state index < -0.39 is 5.91 Å². The molecule has 7 nitrogen and oxygen atoms in total. The summed E-state index contributed by atoms with van der Waals surface area (Å²) < 4.78 is 5.18. The number of thiophene rings is 1. The standard InChI is InChI=1S/C17H19N3O4S/c1-24-13-4-2-3-11(7-13)9-18-17(22)20-6-5-12-8-14(16(21)19-23)25-15(12)10-20/h2-4,7-8,23H,5-6,9-10H2,1H3,(H,18,22)(H,19,21). The van der Waals surface area contributed by atoms with Crippen molar-refractivity contribution in [2.45, 2.75) is 19.5 Å². The van der Waals surface area contributed by atoms with Gasteiger partial charge < -0.3 is 15.0 Å². The quantitative estimate of drug-likeness (QED) is 0.575. The van der Waals surface area contributed by atoms with E-state index in [9.17, 15) is 9.59 Å². The lowest BCUT2D eigenvalue weighted by molar-refractivity contribution is 0.0711. The predicted octanol–water partition coefficient (Wildman–Crippen LogP) is 2.14. The molecule has 25 heavy (non-hydrogen) atoms. The number of methoxy groups -OCH3 is 1. The molecule has 0 bridgehead atoms. The molecule has 0 unspecified atom stereocenters. The van der Waals surface area contributed by atoms with E-state index in [1.165, 1.54) is 11.3 Å². The molecule has 0 fully saturated rings. The van der Waals surface area contributed by atoms with Gasteiger partial charge in [0, 0.05) is 18.0 Å². The number of rotatable bonds is 4. The van der Waals surface area contributed by atoms with E-state index in [4.69, 9.17) is 9.94 Å². The molecular formula is C17H19N3O4S. The van der Waals surface area contributed by atoms with Crippen molar-refractivity contribution in [1.29, 1.82) is 0 Å². The van der Waals surface area contributed by atoms with Crippen molar-refractivity contribution in [2.24, 2.45) is 0 Å². The van der Waals surface area contributed by atoms with Crippen LogP contribution in [0.15, 0.2) is 30.3 Å². The summed E-state index contributed by atoms with van der Waals surface area (Å²) in [4.78, 5) is 27.1. The van der Waals surface area contributed by atoms with Crippen LogP contribution in [0.2, 0.25) is 0 Å². The average Bonchev–Trinajstić information content (AvgIpc) is 3.08. The number of nitrogens with zero attached hydrogens (tertiary/aromatic N) is 1. The summed E-state index contributed by atoms with van der Waals surface area (Å²) >= 11 is 1.30. The fraction of sp³-hybridized carbons (Fsp3) is 0.294. The second kappa shape index (κ2) is 7.54. The van der Waals surface area contributed by atoms with Crippen LogP contribution in [0.4, 0.5) is 4.79 Å². The van der Waals surface area contributed by atoms with E-state index in [-0.39, 0.29) is 6.03 Å². The highest BCUT2D eigenvalue weighted by atomic mass is 32.1. The van der Waals surface area contributed by atoms with Crippen molar-refractivity contribution in [2.75, 3.05) is 13.7 Å². The number of benzene rings is 1. The molecule has 0 spiro atoms. The van der Waals surface area contributed by atoms with Crippen LogP contribution < -0.4 is 15.5 Å². The number of carbonyl (C=O) groups is 2. The van der Waals surface area contributed by atoms with Crippen LogP contribution in [0, 0.1) is 0 Å². The maximum absolute atomic E-state index is 12.4. The first-order chi connectivity index (χ1) is 12.1. The first-order valence-corrected chi connectivity index (χ1v) is 8.64. The number of amides is 3. The van der Waals surface area contributed by atoms with Crippen molar-refractivity contribution in [1.82, 2.24) is 15.7 Å². The van der Waals surface area contributed by atoms with Crippen LogP contribution in [-0.4, -0.2) is 35.7 Å². The zero-order chi connectivity index (χ0) is 17.8. The lowest BCUT2D eigenvalue weighted by Gasteiger charge is -2.27. The Labute approximate surface area is 149 Å². The van der Waals surface area contributed by atoms with Gasteiger partial charge in [0.05, 0.1) is 18.5 Å². The van der Waals surface area contributed by atoms with Gasteiger partial charge in [-0.1, -0.05) is 12.1 Å². The Morgan fingerprint density at radius 1 is 1.36 bits per heavy atom. The summed E-state index contributed by atoms with van der Waals surface area (Å²) in [6.45, 7) is 1.47. The number of urea groups is 1. The molecule has 0 radical (unpaired) electrons. The highest BCUT2D eigenvalue weighted by molar-refractivity contribution is 7.14. The van der Waals surface area contributed by atoms with Gasteiger partial charge in [-0.3, -0.25) is 10.0 Å². The van der Waals surface area contributed by atoms with Crippen molar-refractivity contribution in [3.8, 4) is 5.75 Å². The molecule has 0 saturated carbocycles. The van der Waals surface area contributed by atoms with Crippen molar-refractivity contribution in [3.63, 3.8) is 0 Å². The first kappa shape index (κ1) is 17.2. The molecule has 1 aromatic heterocycles. The summed E-state index contributed by atoms with van der Waals surface area (Å²) in [6, 6.07) is 9.18. The third kappa shape index (κ3) is 3.92. The highest BCUT2D eigenvalue weighted by Crippen LogP contribution is 2.28. The highest BCUT2D eigenvalue weighted by Gasteiger charge is 2.24. The molecule has 0 atom stereocenters. The van der Waals surface area contributed by atoms with Gasteiger partial charge in [0.2, 0.25) is 0 Å². The van der Waals surface area contributed by atoms with E-state index in [1.807, 2.05) is 24.3 Å². The van der Waals surface area contributed by atoms with Crippen molar-refractivity contribution in [3.05, 3.63) is 51.2 Å². The molecule has 1 aliphatic heterocycles. The minimum absolute atomic E-state index is 0.143. The van der Waals surface area contributed by atoms with Gasteiger partial charge in [0.25, 0.3) is 5.91 Å². The van der Waals surface area contributed by atoms with Crippen molar-refractivity contribution < 1.29 is 19.5 Å². The maximum Gasteiger partial charge on any atom is 0.318 e. The van der Waals surface area contributed by atoms with Crippen LogP contribution >= 0.6 is 11.3 Å². The minimum atomic E-state index is -0.520. The van der Waals surface area contributed by atoms with E-state index >= 15 is 0 Å². The molecule has 1 aromatic carbocycles. The Morgan fingerprint density at radius 2 is 2.20 bits per heavy atom. The Morgan fingerprint density at radius 3 is 2.96 bits per heavy atom. The predicted molar refractivity (Wildman–Crippen MR) is 92.9 cm³/mol. The van der Waals surface area contributed by atoms with Crippen LogP contribution in [0.3, 0.4) is 0 Å². The Balaban J connectivity index is 1.60. The van der Waals surface area contributed by atoms with Gasteiger partial charge in [-0.15, -0.1) is 11.3 Å². The molecule has 3 N–H and O–H groups in total. The van der Waals surface area contributed by atoms with Gasteiger partial charge in [0.15, 0.2) is 0 Å². The fourth-order valence-corrected chi connectivity index (χ4v) is 3.85. The number of fused-ring (bicyclic) bond motifs is 1. The maximum atomic E-state index is 12.4. The van der Waals surface area contributed by atoms with Gasteiger partial charge in [-0.05, 0) is 35.7 Å². The minimum Gasteiger partial charge on any atom is -0.497 e. The second-order valence-electron chi connectivity index (χ2n) is 5.68. The molecule has 132 valence electrons. The molecule has 3 amide bonds. The Kier molecular flexibility index (Phi) is 5.20. The first-order valence-electron chi connectivity index (χ1n) is 7.82. The molecular weight excluding hydrogens is 342 g/mol. The number of hydrogen-bond donors (Lipinski definition) is 3. The lowest BCUT2D eigenvalue weighted by atomic mass is 10.1. The van der Waals surface area contributed by atoms with E-state index in [1.54, 1.807) is 23.6 Å². The summed E-state index contributed by atoms with van der Waals surface area (Å²) in [5, 5.41) is 11.6. The zero-order valence-corrected chi connectivity index (χ0v) is 14.6. The molecule has 8 heteroatoms. The van der Waals surface area contributed by atoms with Crippen LogP contribution in [0.25, 0.3) is 0 Å². The van der Waals surface area contributed by atoms with Gasteiger partial charge >= 0.3 is 6.03 Å². The van der Waals surface area contributed by atoms with Crippen molar-refractivity contribution >= 4 is 23.3 Å². The Bertz CT molecular complexity index is 790. The summed E-state index contributed by atoms with van der Waals surface area (Å²) in [5.74, 6) is 0.232. The Hall–Kier alpha value is -2.58. The number of nitrogens with one attached hydrogen (secondary N) is 2. The van der Waals surface area contributed by atoms with E-state index in [2.05, 4.69) is 5.32 Å². The van der Waals surface area contributed by atoms with Crippen LogP contribution in [-0.2, 0) is 19.5 Å². The topological polar surface area (TPSA) is 90.9 Å². The number of hydroxylamine groups is 1. The fourth-order valence-electron chi connectivity index (χ4n) is 2.73. The third-order valence-corrected chi connectivity index (χ3v) is 5.23. The van der Waals surface area contributed by atoms with E-state index in [0.29, 0.717) is 30.9 Å². The van der Waals surface area contributed by atoms with Gasteiger partial charge in [-0.2, -0.15) is 0 Å². The zero-order valence-electron chi connectivity index (χ0n) is 13.7. The summed E-state index contributed by atoms with van der Waals surface area (Å²) in [5.41, 5.74) is 3.66. The number of carbonyl (C=O) groups excluding carboxylic acids is 2. The summed E-state index contributed by atoms with van der Waals surface area (Å²) in [7, 11) is 1.61. The van der Waals surface area contributed by atoms with Crippen LogP contribution in [0.1, 0.15) is 25.7 Å². The van der Waals surface area contributed by atoms with Gasteiger partial charge in [-0.25, -0.2) is 10.3 Å². The molecule has 0 aliphatic carbocycles. The molecule has 2 heterocycles. The third-order valence-electron chi connectivity index (χ3n) is 4.07. The number of ether oxygens (including phenoxy) is 1.